The van der Waals surface area contributed by atoms with Gasteiger partial charge in [-0.25, -0.2) is 9.97 Å². The van der Waals surface area contributed by atoms with Crippen molar-refractivity contribution in [2.45, 2.75) is 37.7 Å². The second kappa shape index (κ2) is 14.3. The largest absolute Gasteiger partial charge is 0.354 e. The van der Waals surface area contributed by atoms with Gasteiger partial charge in [-0.3, -0.25) is 9.69 Å². The third-order valence-corrected chi connectivity index (χ3v) is 8.64. The smallest absolute Gasteiger partial charge is 0.251 e. The summed E-state index contributed by atoms with van der Waals surface area (Å²) in [6, 6.07) is 28.2. The molecule has 42 heavy (non-hydrogen) atoms. The quantitative estimate of drug-likeness (QED) is 0.167. The van der Waals surface area contributed by atoms with E-state index >= 15 is 0 Å². The maximum Gasteiger partial charge on any atom is 0.251 e. The van der Waals surface area contributed by atoms with Crippen LogP contribution in [-0.2, 0) is 5.75 Å². The fourth-order valence-corrected chi connectivity index (χ4v) is 5.85. The topological polar surface area (TPSA) is 61.4 Å². The molecule has 0 spiro atoms. The number of carbonyl (C=O) groups is 1. The van der Waals surface area contributed by atoms with Crippen LogP contribution >= 0.6 is 11.8 Å². The van der Waals surface area contributed by atoms with Gasteiger partial charge >= 0.3 is 0 Å². The predicted octanol–water partition coefficient (Wildman–Crippen LogP) is 6.71. The summed E-state index contributed by atoms with van der Waals surface area (Å²) in [5.41, 5.74) is 6.29. The summed E-state index contributed by atoms with van der Waals surface area (Å²) in [5, 5.41) is 3.87. The molecule has 1 fully saturated rings. The zero-order valence-corrected chi connectivity index (χ0v) is 25.5. The van der Waals surface area contributed by atoms with E-state index < -0.39 is 0 Å². The average molecular weight is 578 g/mol. The van der Waals surface area contributed by atoms with Crippen LogP contribution < -0.4 is 10.2 Å². The first kappa shape index (κ1) is 29.5. The van der Waals surface area contributed by atoms with Gasteiger partial charge in [-0.1, -0.05) is 96.7 Å². The molecule has 0 aliphatic carbocycles. The Balaban J connectivity index is 1.14. The standard InChI is InChI=1S/C35H39N5OS/c1-26-27(2)37-35(38-33(26)40-23-21-39(22-24-40)20-10-13-29-11-6-4-7-12-29)42-25-30-16-18-32(19-17-30)34(41)36-28(3)31-14-8-5-9-15-31/h4-19,28H,20-25H2,1-3H3,(H,36,41)/b13-10+. The van der Waals surface area contributed by atoms with E-state index in [1.165, 1.54) is 5.56 Å². The molecule has 1 aliphatic rings. The number of aromatic nitrogens is 2. The molecule has 6 nitrogen and oxygen atoms in total. The van der Waals surface area contributed by atoms with Crippen LogP contribution in [-0.4, -0.2) is 53.5 Å². The molecule has 1 unspecified atom stereocenters. The van der Waals surface area contributed by atoms with E-state index in [-0.39, 0.29) is 11.9 Å². The van der Waals surface area contributed by atoms with Crippen molar-refractivity contribution in [2.24, 2.45) is 0 Å². The van der Waals surface area contributed by atoms with Crippen molar-refractivity contribution in [3.05, 3.63) is 125 Å². The molecule has 216 valence electrons. The van der Waals surface area contributed by atoms with Crippen LogP contribution in [0.2, 0.25) is 0 Å². The zero-order valence-electron chi connectivity index (χ0n) is 24.7. The molecule has 0 bridgehead atoms. The Morgan fingerprint density at radius 3 is 2.26 bits per heavy atom. The van der Waals surface area contributed by atoms with Crippen molar-refractivity contribution in [3.63, 3.8) is 0 Å². The van der Waals surface area contributed by atoms with E-state index in [1.807, 2.05) is 67.6 Å². The van der Waals surface area contributed by atoms with Crippen molar-refractivity contribution in [1.82, 2.24) is 20.2 Å². The lowest BCUT2D eigenvalue weighted by Crippen LogP contribution is -2.47. The first-order valence-corrected chi connectivity index (χ1v) is 15.6. The Morgan fingerprint density at radius 1 is 0.905 bits per heavy atom. The molecular formula is C35H39N5OS. The molecule has 1 aliphatic heterocycles. The second-order valence-corrected chi connectivity index (χ2v) is 11.7. The van der Waals surface area contributed by atoms with E-state index in [1.54, 1.807) is 11.8 Å². The normalized spacial score (nSPS) is 14.7. The fraction of sp³-hybridized carbons (Fsp3) is 0.286. The van der Waals surface area contributed by atoms with Gasteiger partial charge in [0, 0.05) is 55.3 Å². The molecule has 1 amide bonds. The molecule has 1 saturated heterocycles. The highest BCUT2D eigenvalue weighted by molar-refractivity contribution is 7.98. The lowest BCUT2D eigenvalue weighted by atomic mass is 10.1. The van der Waals surface area contributed by atoms with Gasteiger partial charge in [-0.15, -0.1) is 0 Å². The summed E-state index contributed by atoms with van der Waals surface area (Å²) in [6.45, 7) is 11.1. The van der Waals surface area contributed by atoms with E-state index in [4.69, 9.17) is 9.97 Å². The summed E-state index contributed by atoms with van der Waals surface area (Å²) < 4.78 is 0. The third-order valence-electron chi connectivity index (χ3n) is 7.72. The number of rotatable bonds is 10. The molecule has 7 heteroatoms. The van der Waals surface area contributed by atoms with Crippen LogP contribution in [0.15, 0.2) is 96.2 Å². The van der Waals surface area contributed by atoms with Gasteiger partial charge in [-0.2, -0.15) is 0 Å². The molecule has 0 radical (unpaired) electrons. The lowest BCUT2D eigenvalue weighted by molar-refractivity contribution is 0.0940. The number of benzene rings is 3. The Morgan fingerprint density at radius 2 is 1.57 bits per heavy atom. The number of nitrogens with zero attached hydrogens (tertiary/aromatic N) is 4. The fourth-order valence-electron chi connectivity index (χ4n) is 5.01. The lowest BCUT2D eigenvalue weighted by Gasteiger charge is -2.35. The second-order valence-electron chi connectivity index (χ2n) is 10.7. The molecule has 1 atom stereocenters. The van der Waals surface area contributed by atoms with Crippen molar-refractivity contribution in [3.8, 4) is 0 Å². The average Bonchev–Trinajstić information content (AvgIpc) is 3.03. The van der Waals surface area contributed by atoms with Gasteiger partial charge in [0.05, 0.1) is 6.04 Å². The van der Waals surface area contributed by atoms with Crippen LogP contribution in [0.3, 0.4) is 0 Å². The van der Waals surface area contributed by atoms with Crippen LogP contribution in [0.25, 0.3) is 6.08 Å². The number of hydrogen-bond donors (Lipinski definition) is 1. The minimum Gasteiger partial charge on any atom is -0.354 e. The van der Waals surface area contributed by atoms with E-state index in [0.717, 1.165) is 71.8 Å². The van der Waals surface area contributed by atoms with E-state index in [2.05, 4.69) is 65.4 Å². The Bertz CT molecular complexity index is 1480. The first-order valence-electron chi connectivity index (χ1n) is 14.6. The number of carbonyl (C=O) groups excluding carboxylic acids is 1. The van der Waals surface area contributed by atoms with Crippen molar-refractivity contribution in [2.75, 3.05) is 37.6 Å². The maximum absolute atomic E-state index is 12.8. The number of piperazine rings is 1. The molecule has 1 aromatic heterocycles. The monoisotopic (exact) mass is 577 g/mol. The zero-order chi connectivity index (χ0) is 29.3. The number of nitrogens with one attached hydrogen (secondary N) is 1. The van der Waals surface area contributed by atoms with E-state index in [9.17, 15) is 4.79 Å². The number of aryl methyl sites for hydroxylation is 1. The number of amides is 1. The van der Waals surface area contributed by atoms with Crippen molar-refractivity contribution >= 4 is 29.6 Å². The number of thioether (sulfide) groups is 1. The minimum atomic E-state index is -0.0694. The summed E-state index contributed by atoms with van der Waals surface area (Å²) >= 11 is 1.64. The molecule has 3 aromatic carbocycles. The number of anilines is 1. The van der Waals surface area contributed by atoms with Crippen molar-refractivity contribution in [1.29, 1.82) is 0 Å². The molecule has 5 rings (SSSR count). The van der Waals surface area contributed by atoms with Gasteiger partial charge in [0.1, 0.15) is 5.82 Å². The highest BCUT2D eigenvalue weighted by Gasteiger charge is 2.21. The van der Waals surface area contributed by atoms with Gasteiger partial charge in [0.15, 0.2) is 5.16 Å². The number of hydrogen-bond acceptors (Lipinski definition) is 6. The molecular weight excluding hydrogens is 538 g/mol. The van der Waals surface area contributed by atoms with E-state index in [0.29, 0.717) is 5.56 Å². The van der Waals surface area contributed by atoms with Crippen LogP contribution in [0.1, 0.15) is 51.3 Å². The Labute approximate surface area is 253 Å². The summed E-state index contributed by atoms with van der Waals surface area (Å²) in [6.07, 6.45) is 4.45. The SMILES string of the molecule is Cc1nc(SCc2ccc(C(=O)NC(C)c3ccccc3)cc2)nc(N2CCN(C/C=C/c3ccccc3)CC2)c1C. The van der Waals surface area contributed by atoms with Crippen LogP contribution in [0.4, 0.5) is 5.82 Å². The first-order chi connectivity index (χ1) is 20.5. The van der Waals surface area contributed by atoms with Crippen LogP contribution in [0, 0.1) is 13.8 Å². The van der Waals surface area contributed by atoms with Gasteiger partial charge in [0.2, 0.25) is 0 Å². The molecule has 2 heterocycles. The van der Waals surface area contributed by atoms with Gasteiger partial charge in [-0.05, 0) is 49.6 Å². The Kier molecular flexibility index (Phi) is 10.1. The summed E-state index contributed by atoms with van der Waals surface area (Å²) in [5.74, 6) is 1.72. The maximum atomic E-state index is 12.8. The van der Waals surface area contributed by atoms with Gasteiger partial charge in [0.25, 0.3) is 5.91 Å². The summed E-state index contributed by atoms with van der Waals surface area (Å²) in [4.78, 5) is 27.4. The predicted molar refractivity (Wildman–Crippen MR) is 174 cm³/mol. The van der Waals surface area contributed by atoms with Gasteiger partial charge < -0.3 is 10.2 Å². The van der Waals surface area contributed by atoms with Crippen LogP contribution in [0.5, 0.6) is 0 Å². The third kappa shape index (κ3) is 7.87. The Hall–Kier alpha value is -3.94. The van der Waals surface area contributed by atoms with Crippen molar-refractivity contribution < 1.29 is 4.79 Å². The molecule has 1 N–H and O–H groups in total. The highest BCUT2D eigenvalue weighted by atomic mass is 32.2. The summed E-state index contributed by atoms with van der Waals surface area (Å²) in [7, 11) is 0. The minimum absolute atomic E-state index is 0.0514. The highest BCUT2D eigenvalue weighted by Crippen LogP contribution is 2.27. The molecule has 4 aromatic rings. The molecule has 0 saturated carbocycles.